The lowest BCUT2D eigenvalue weighted by molar-refractivity contribution is 0.319. The van der Waals surface area contributed by atoms with Crippen LogP contribution in [-0.4, -0.2) is 22.1 Å². The topological polar surface area (TPSA) is 9.23 Å². The van der Waals surface area contributed by atoms with Crippen molar-refractivity contribution in [3.63, 3.8) is 0 Å². The number of hydrogen-bond acceptors (Lipinski definition) is 2. The zero-order chi connectivity index (χ0) is 13.3. The molecule has 0 aromatic heterocycles. The van der Waals surface area contributed by atoms with Gasteiger partial charge in [-0.1, -0.05) is 64.7 Å². The van der Waals surface area contributed by atoms with Gasteiger partial charge in [-0.25, -0.2) is 0 Å². The van der Waals surface area contributed by atoms with Crippen LogP contribution in [0.2, 0.25) is 6.04 Å². The van der Waals surface area contributed by atoms with Gasteiger partial charge in [-0.2, -0.15) is 12.6 Å². The normalized spacial score (nSPS) is 11.7. The molecular formula is C15H34OSSi. The summed E-state index contributed by atoms with van der Waals surface area (Å²) >= 11 is 4.20. The van der Waals surface area contributed by atoms with Gasteiger partial charge in [0.25, 0.3) is 0 Å². The van der Waals surface area contributed by atoms with Crippen LogP contribution in [0.4, 0.5) is 0 Å². The molecular weight excluding hydrogens is 256 g/mol. The van der Waals surface area contributed by atoms with Gasteiger partial charge in [0, 0.05) is 6.61 Å². The van der Waals surface area contributed by atoms with Gasteiger partial charge in [-0.05, 0) is 24.6 Å². The van der Waals surface area contributed by atoms with Crippen LogP contribution in [0.3, 0.4) is 0 Å². The molecule has 0 aromatic rings. The monoisotopic (exact) mass is 290 g/mol. The Labute approximate surface area is 123 Å². The van der Waals surface area contributed by atoms with Crippen molar-refractivity contribution in [3.8, 4) is 0 Å². The molecule has 0 radical (unpaired) electrons. The van der Waals surface area contributed by atoms with Gasteiger partial charge in [0.1, 0.15) is 0 Å². The van der Waals surface area contributed by atoms with Gasteiger partial charge in [0.05, 0.1) is 0 Å². The fraction of sp³-hybridized carbons (Fsp3) is 1.00. The van der Waals surface area contributed by atoms with Crippen molar-refractivity contribution in [3.05, 3.63) is 0 Å². The molecule has 0 bridgehead atoms. The Kier molecular flexibility index (Phi) is 18.0. The first kappa shape index (κ1) is 18.5. The van der Waals surface area contributed by atoms with E-state index in [1.54, 1.807) is 0 Å². The second kappa shape index (κ2) is 17.5. The first-order chi connectivity index (χ1) is 8.91. The lowest BCUT2D eigenvalue weighted by Gasteiger charge is -2.04. The predicted octanol–water partition coefficient (Wildman–Crippen LogP) is 4.75. The van der Waals surface area contributed by atoms with Crippen molar-refractivity contribution in [1.82, 2.24) is 0 Å². The molecule has 0 saturated carbocycles. The van der Waals surface area contributed by atoms with Crippen LogP contribution in [0.25, 0.3) is 0 Å². The second-order valence-electron chi connectivity index (χ2n) is 5.23. The number of unbranched alkanes of at least 4 members (excludes halogenated alkanes) is 9. The van der Waals surface area contributed by atoms with Crippen LogP contribution in [0.15, 0.2) is 0 Å². The van der Waals surface area contributed by atoms with E-state index in [9.17, 15) is 0 Å². The number of hydrogen-bond donors (Lipinski definition) is 1. The molecule has 0 spiro atoms. The largest absolute Gasteiger partial charge is 0.424 e. The second-order valence-corrected chi connectivity index (χ2v) is 7.20. The van der Waals surface area contributed by atoms with Crippen molar-refractivity contribution in [1.29, 1.82) is 0 Å². The lowest BCUT2D eigenvalue weighted by Crippen LogP contribution is -2.00. The smallest absolute Gasteiger partial charge is 0.161 e. The summed E-state index contributed by atoms with van der Waals surface area (Å²) in [6.45, 7) is 3.30. The highest BCUT2D eigenvalue weighted by Gasteiger charge is 1.93. The summed E-state index contributed by atoms with van der Waals surface area (Å²) in [6.07, 6.45) is 15.3. The molecule has 110 valence electrons. The van der Waals surface area contributed by atoms with Crippen LogP contribution in [0, 0.1) is 0 Å². The standard InChI is InChI=1S/C15H34OSSi/c1-2-3-4-5-6-7-8-9-10-11-13-16-18-15-12-14-17/h17H,2-15,18H2,1H3. The van der Waals surface area contributed by atoms with Crippen LogP contribution in [-0.2, 0) is 4.43 Å². The minimum atomic E-state index is -0.205. The van der Waals surface area contributed by atoms with E-state index in [0.29, 0.717) is 0 Å². The third-order valence-corrected chi connectivity index (χ3v) is 5.02. The maximum absolute atomic E-state index is 5.71. The molecule has 0 atom stereocenters. The van der Waals surface area contributed by atoms with Gasteiger partial charge in [0.2, 0.25) is 0 Å². The van der Waals surface area contributed by atoms with Crippen molar-refractivity contribution < 1.29 is 4.43 Å². The summed E-state index contributed by atoms with van der Waals surface area (Å²) in [4.78, 5) is 0. The maximum Gasteiger partial charge on any atom is 0.161 e. The zero-order valence-corrected chi connectivity index (χ0v) is 14.8. The van der Waals surface area contributed by atoms with E-state index in [1.807, 2.05) is 0 Å². The SMILES string of the molecule is CCCCCCCCCCCCO[SiH2]CCCS. The number of thiol groups is 1. The van der Waals surface area contributed by atoms with Gasteiger partial charge in [-0.3, -0.25) is 0 Å². The average Bonchev–Trinajstić information content (AvgIpc) is 2.39. The van der Waals surface area contributed by atoms with E-state index in [0.717, 1.165) is 12.4 Å². The Morgan fingerprint density at radius 2 is 1.33 bits per heavy atom. The fourth-order valence-electron chi connectivity index (χ4n) is 2.11. The van der Waals surface area contributed by atoms with Crippen LogP contribution < -0.4 is 0 Å². The summed E-state index contributed by atoms with van der Waals surface area (Å²) in [7, 11) is -0.205. The number of rotatable bonds is 15. The molecule has 0 saturated heterocycles. The quantitative estimate of drug-likeness (QED) is 0.260. The molecule has 18 heavy (non-hydrogen) atoms. The molecule has 0 amide bonds. The third kappa shape index (κ3) is 16.5. The summed E-state index contributed by atoms with van der Waals surface area (Å²) in [5.41, 5.74) is 0. The van der Waals surface area contributed by atoms with Gasteiger partial charge in [-0.15, -0.1) is 0 Å². The average molecular weight is 291 g/mol. The molecule has 0 rings (SSSR count). The molecule has 0 unspecified atom stereocenters. The highest BCUT2D eigenvalue weighted by atomic mass is 32.1. The van der Waals surface area contributed by atoms with E-state index >= 15 is 0 Å². The van der Waals surface area contributed by atoms with E-state index in [-0.39, 0.29) is 9.76 Å². The highest BCUT2D eigenvalue weighted by molar-refractivity contribution is 7.80. The van der Waals surface area contributed by atoms with E-state index in [4.69, 9.17) is 4.43 Å². The summed E-state index contributed by atoms with van der Waals surface area (Å²) in [5.74, 6) is 1.02. The fourth-order valence-corrected chi connectivity index (χ4v) is 3.82. The van der Waals surface area contributed by atoms with Crippen LogP contribution in [0.1, 0.15) is 77.6 Å². The van der Waals surface area contributed by atoms with Gasteiger partial charge >= 0.3 is 0 Å². The first-order valence-corrected chi connectivity index (χ1v) is 10.3. The Hall–Kier alpha value is 0.527. The predicted molar refractivity (Wildman–Crippen MR) is 89.6 cm³/mol. The first-order valence-electron chi connectivity index (χ1n) is 8.10. The van der Waals surface area contributed by atoms with Crippen LogP contribution in [0.5, 0.6) is 0 Å². The molecule has 0 fully saturated rings. The molecule has 1 nitrogen and oxygen atoms in total. The van der Waals surface area contributed by atoms with Crippen molar-refractivity contribution in [2.24, 2.45) is 0 Å². The molecule has 0 heterocycles. The minimum Gasteiger partial charge on any atom is -0.424 e. The summed E-state index contributed by atoms with van der Waals surface area (Å²) in [6, 6.07) is 1.31. The Balaban J connectivity index is 2.86. The summed E-state index contributed by atoms with van der Waals surface area (Å²) < 4.78 is 5.71. The molecule has 0 N–H and O–H groups in total. The highest BCUT2D eigenvalue weighted by Crippen LogP contribution is 2.10. The zero-order valence-electron chi connectivity index (χ0n) is 12.5. The molecule has 0 aliphatic heterocycles. The maximum atomic E-state index is 5.71. The van der Waals surface area contributed by atoms with Crippen molar-refractivity contribution in [2.75, 3.05) is 12.4 Å². The Morgan fingerprint density at radius 3 is 1.89 bits per heavy atom. The van der Waals surface area contributed by atoms with Crippen molar-refractivity contribution >= 4 is 22.4 Å². The molecule has 0 aliphatic rings. The lowest BCUT2D eigenvalue weighted by atomic mass is 10.1. The van der Waals surface area contributed by atoms with Gasteiger partial charge < -0.3 is 4.43 Å². The Morgan fingerprint density at radius 1 is 0.778 bits per heavy atom. The van der Waals surface area contributed by atoms with Gasteiger partial charge in [0.15, 0.2) is 9.76 Å². The minimum absolute atomic E-state index is 0.205. The Bertz CT molecular complexity index is 128. The molecule has 0 aliphatic carbocycles. The van der Waals surface area contributed by atoms with Crippen LogP contribution >= 0.6 is 12.6 Å². The van der Waals surface area contributed by atoms with E-state index in [2.05, 4.69) is 19.6 Å². The molecule has 3 heteroatoms. The van der Waals surface area contributed by atoms with E-state index in [1.165, 1.54) is 76.7 Å². The summed E-state index contributed by atoms with van der Waals surface area (Å²) in [5, 5.41) is 0. The van der Waals surface area contributed by atoms with Crippen molar-refractivity contribution in [2.45, 2.75) is 83.6 Å². The molecule has 0 aromatic carbocycles. The van der Waals surface area contributed by atoms with E-state index < -0.39 is 0 Å². The third-order valence-electron chi connectivity index (χ3n) is 3.34.